The van der Waals surface area contributed by atoms with E-state index in [0.29, 0.717) is 0 Å². The highest BCUT2D eigenvalue weighted by Crippen LogP contribution is 2.36. The van der Waals surface area contributed by atoms with Crippen molar-refractivity contribution in [2.24, 2.45) is 0 Å². The lowest BCUT2D eigenvalue weighted by molar-refractivity contribution is 0.390. The minimum Gasteiger partial charge on any atom is -0.508 e. The molecule has 0 saturated carbocycles. The molecule has 2 N–H and O–H groups in total. The highest BCUT2D eigenvalue weighted by Gasteiger charge is 2.26. The number of aromatic hydroxyl groups is 1. The number of hydrogen-bond acceptors (Lipinski definition) is 3. The zero-order chi connectivity index (χ0) is 15.7. The van der Waals surface area contributed by atoms with Crippen molar-refractivity contribution in [2.75, 3.05) is 7.11 Å². The van der Waals surface area contributed by atoms with Crippen LogP contribution in [0.25, 0.3) is 0 Å². The molecule has 0 aliphatic heterocycles. The first-order chi connectivity index (χ1) is 10.6. The van der Waals surface area contributed by atoms with Crippen molar-refractivity contribution in [3.8, 4) is 11.5 Å². The van der Waals surface area contributed by atoms with Gasteiger partial charge in [0.25, 0.3) is 0 Å². The molecule has 1 aliphatic carbocycles. The van der Waals surface area contributed by atoms with E-state index in [9.17, 15) is 9.50 Å². The predicted molar refractivity (Wildman–Crippen MR) is 83.7 cm³/mol. The minimum atomic E-state index is -0.121. The highest BCUT2D eigenvalue weighted by atomic mass is 19.1. The molecule has 116 valence electrons. The van der Waals surface area contributed by atoms with E-state index in [1.54, 1.807) is 31.4 Å². The smallest absolute Gasteiger partial charge is 0.126 e. The maximum absolute atomic E-state index is 13.8. The number of hydrogen-bond donors (Lipinski definition) is 2. The molecule has 0 fully saturated rings. The number of benzene rings is 2. The van der Waals surface area contributed by atoms with Crippen molar-refractivity contribution >= 4 is 0 Å². The molecule has 2 aromatic carbocycles. The van der Waals surface area contributed by atoms with Crippen LogP contribution in [0.15, 0.2) is 36.4 Å². The summed E-state index contributed by atoms with van der Waals surface area (Å²) in [6.07, 6.45) is 1.63. The normalized spacial score (nSPS) is 18.0. The van der Waals surface area contributed by atoms with Gasteiger partial charge in [0.2, 0.25) is 0 Å². The fourth-order valence-corrected chi connectivity index (χ4v) is 3.23. The van der Waals surface area contributed by atoms with Crippen LogP contribution in [-0.2, 0) is 6.42 Å². The Labute approximate surface area is 129 Å². The van der Waals surface area contributed by atoms with Gasteiger partial charge in [-0.05, 0) is 55.2 Å². The van der Waals surface area contributed by atoms with E-state index in [4.69, 9.17) is 4.74 Å². The first-order valence-corrected chi connectivity index (χ1v) is 7.50. The van der Waals surface area contributed by atoms with E-state index >= 15 is 0 Å². The number of nitrogens with one attached hydrogen (secondary N) is 1. The van der Waals surface area contributed by atoms with Crippen molar-refractivity contribution in [1.29, 1.82) is 0 Å². The largest absolute Gasteiger partial charge is 0.508 e. The molecular formula is C18H20FNO2. The molecule has 0 radical (unpaired) electrons. The highest BCUT2D eigenvalue weighted by molar-refractivity contribution is 5.42. The van der Waals surface area contributed by atoms with Gasteiger partial charge in [-0.15, -0.1) is 0 Å². The summed E-state index contributed by atoms with van der Waals surface area (Å²) in [5.41, 5.74) is 2.74. The molecule has 3 rings (SSSR count). The number of methoxy groups -OCH3 is 1. The van der Waals surface area contributed by atoms with Crippen LogP contribution in [-0.4, -0.2) is 12.2 Å². The van der Waals surface area contributed by atoms with Crippen molar-refractivity contribution in [3.05, 3.63) is 58.9 Å². The minimum absolute atomic E-state index is 0.0127. The van der Waals surface area contributed by atoms with E-state index in [0.717, 1.165) is 35.3 Å². The van der Waals surface area contributed by atoms with Crippen molar-refractivity contribution in [2.45, 2.75) is 31.8 Å². The van der Waals surface area contributed by atoms with E-state index in [1.165, 1.54) is 6.07 Å². The van der Waals surface area contributed by atoms with Gasteiger partial charge in [0.05, 0.1) is 7.11 Å². The Hall–Kier alpha value is -2.07. The van der Waals surface area contributed by atoms with Crippen molar-refractivity contribution < 1.29 is 14.2 Å². The summed E-state index contributed by atoms with van der Waals surface area (Å²) in [7, 11) is 1.61. The summed E-state index contributed by atoms with van der Waals surface area (Å²) in [5, 5.41) is 13.2. The Morgan fingerprint density at radius 3 is 2.91 bits per heavy atom. The van der Waals surface area contributed by atoms with Crippen LogP contribution in [0, 0.1) is 5.82 Å². The summed E-state index contributed by atoms with van der Waals surface area (Å²) < 4.78 is 19.2. The zero-order valence-corrected chi connectivity index (χ0v) is 12.8. The quantitative estimate of drug-likeness (QED) is 0.900. The second-order valence-corrected chi connectivity index (χ2v) is 5.71. The van der Waals surface area contributed by atoms with Crippen LogP contribution in [0.4, 0.5) is 4.39 Å². The molecule has 0 amide bonds. The summed E-state index contributed by atoms with van der Waals surface area (Å²) >= 11 is 0. The second kappa shape index (κ2) is 5.97. The molecule has 2 atom stereocenters. The maximum Gasteiger partial charge on any atom is 0.126 e. The molecular weight excluding hydrogens is 281 g/mol. The molecule has 4 heteroatoms. The third-order valence-corrected chi connectivity index (χ3v) is 4.34. The van der Waals surface area contributed by atoms with Crippen LogP contribution in [0.5, 0.6) is 11.5 Å². The lowest BCUT2D eigenvalue weighted by atomic mass is 10.0. The summed E-state index contributed by atoms with van der Waals surface area (Å²) in [6.45, 7) is 2.02. The van der Waals surface area contributed by atoms with Gasteiger partial charge < -0.3 is 15.2 Å². The Bertz CT molecular complexity index is 687. The number of halogens is 1. The first-order valence-electron chi connectivity index (χ1n) is 7.50. The zero-order valence-electron chi connectivity index (χ0n) is 12.8. The van der Waals surface area contributed by atoms with Crippen LogP contribution < -0.4 is 10.1 Å². The standard InChI is InChI=1S/C18H20FNO2/c1-11(15-10-12(21)6-9-18(15)22-2)20-17-8-7-13-14(17)4-3-5-16(13)19/h3-6,9-11,17,20-21H,7-8H2,1-2H3/t11-,17-/m0/s1. The van der Waals surface area contributed by atoms with Gasteiger partial charge >= 0.3 is 0 Å². The van der Waals surface area contributed by atoms with Gasteiger partial charge in [0.1, 0.15) is 17.3 Å². The van der Waals surface area contributed by atoms with E-state index in [-0.39, 0.29) is 23.7 Å². The van der Waals surface area contributed by atoms with Gasteiger partial charge in [-0.3, -0.25) is 0 Å². The van der Waals surface area contributed by atoms with Crippen LogP contribution in [0.2, 0.25) is 0 Å². The van der Waals surface area contributed by atoms with Gasteiger partial charge in [0, 0.05) is 17.6 Å². The SMILES string of the molecule is COc1ccc(O)cc1[C@H](C)N[C@H]1CCc2c(F)cccc21. The van der Waals surface area contributed by atoms with E-state index < -0.39 is 0 Å². The maximum atomic E-state index is 13.8. The molecule has 0 aromatic heterocycles. The number of phenols is 1. The molecule has 0 saturated heterocycles. The van der Waals surface area contributed by atoms with Crippen LogP contribution in [0.3, 0.4) is 0 Å². The summed E-state index contributed by atoms with van der Waals surface area (Å²) in [6, 6.07) is 10.4. The monoisotopic (exact) mass is 301 g/mol. The Balaban J connectivity index is 1.84. The Morgan fingerprint density at radius 1 is 1.32 bits per heavy atom. The molecule has 0 unspecified atom stereocenters. The molecule has 0 spiro atoms. The fourth-order valence-electron chi connectivity index (χ4n) is 3.23. The predicted octanol–water partition coefficient (Wildman–Crippen LogP) is 3.88. The number of phenolic OH excluding ortho intramolecular Hbond substituents is 1. The van der Waals surface area contributed by atoms with E-state index in [1.807, 2.05) is 13.0 Å². The lowest BCUT2D eigenvalue weighted by Gasteiger charge is -2.22. The number of fused-ring (bicyclic) bond motifs is 1. The first kappa shape index (κ1) is 14.9. The average molecular weight is 301 g/mol. The molecule has 3 nitrogen and oxygen atoms in total. The topological polar surface area (TPSA) is 41.5 Å². The Kier molecular flexibility index (Phi) is 4.03. The van der Waals surface area contributed by atoms with Crippen LogP contribution in [0.1, 0.15) is 42.1 Å². The summed E-state index contributed by atoms with van der Waals surface area (Å²) in [5.74, 6) is 0.821. The van der Waals surface area contributed by atoms with Crippen LogP contribution >= 0.6 is 0 Å². The molecule has 22 heavy (non-hydrogen) atoms. The van der Waals surface area contributed by atoms with Gasteiger partial charge in [0.15, 0.2) is 0 Å². The Morgan fingerprint density at radius 2 is 2.14 bits per heavy atom. The second-order valence-electron chi connectivity index (χ2n) is 5.71. The molecule has 1 aliphatic rings. The van der Waals surface area contributed by atoms with Crippen molar-refractivity contribution in [3.63, 3.8) is 0 Å². The number of rotatable bonds is 4. The molecule has 2 aromatic rings. The number of ether oxygens (including phenoxy) is 1. The molecule has 0 heterocycles. The van der Waals surface area contributed by atoms with Gasteiger partial charge in [-0.2, -0.15) is 0 Å². The average Bonchev–Trinajstić information content (AvgIpc) is 2.92. The summed E-state index contributed by atoms with van der Waals surface area (Å²) in [4.78, 5) is 0. The fraction of sp³-hybridized carbons (Fsp3) is 0.333. The van der Waals surface area contributed by atoms with Crippen molar-refractivity contribution in [1.82, 2.24) is 5.32 Å². The molecule has 0 bridgehead atoms. The third-order valence-electron chi connectivity index (χ3n) is 4.34. The lowest BCUT2D eigenvalue weighted by Crippen LogP contribution is -2.23. The van der Waals surface area contributed by atoms with E-state index in [2.05, 4.69) is 5.32 Å². The van der Waals surface area contributed by atoms with Gasteiger partial charge in [-0.1, -0.05) is 12.1 Å². The third kappa shape index (κ3) is 2.66. The van der Waals surface area contributed by atoms with Gasteiger partial charge in [-0.25, -0.2) is 4.39 Å².